The van der Waals surface area contributed by atoms with Crippen molar-refractivity contribution in [2.75, 3.05) is 0 Å². The van der Waals surface area contributed by atoms with Crippen LogP contribution >= 0.6 is 0 Å². The Labute approximate surface area is 243 Å². The molecule has 4 heteroatoms. The summed E-state index contributed by atoms with van der Waals surface area (Å²) in [6.45, 7) is 0. The van der Waals surface area contributed by atoms with E-state index in [9.17, 15) is 0 Å². The summed E-state index contributed by atoms with van der Waals surface area (Å²) >= 11 is 0. The molecule has 0 aliphatic carbocycles. The lowest BCUT2D eigenvalue weighted by Gasteiger charge is -2.16. The summed E-state index contributed by atoms with van der Waals surface area (Å²) in [5.74, 6) is 1.92. The summed E-state index contributed by atoms with van der Waals surface area (Å²) in [7, 11) is 0. The maximum atomic E-state index is 5.13. The molecule has 0 aliphatic heterocycles. The van der Waals surface area contributed by atoms with Crippen LogP contribution in [0.1, 0.15) is 0 Å². The minimum absolute atomic E-state index is 0.638. The smallest absolute Gasteiger partial charge is 0.164 e. The van der Waals surface area contributed by atoms with Gasteiger partial charge in [-0.1, -0.05) is 115 Å². The summed E-state index contributed by atoms with van der Waals surface area (Å²) in [6, 6.07) is 46.0. The Balaban J connectivity index is 1.53. The molecule has 0 saturated heterocycles. The van der Waals surface area contributed by atoms with E-state index in [4.69, 9.17) is 15.0 Å². The fourth-order valence-corrected chi connectivity index (χ4v) is 5.84. The molecule has 0 saturated carbocycles. The van der Waals surface area contributed by atoms with Crippen molar-refractivity contribution in [3.05, 3.63) is 146 Å². The first kappa shape index (κ1) is 24.1. The van der Waals surface area contributed by atoms with Crippen LogP contribution < -0.4 is 0 Å². The topological polar surface area (TPSA) is 51.6 Å². The van der Waals surface area contributed by atoms with Gasteiger partial charge in [0.1, 0.15) is 0 Å². The van der Waals surface area contributed by atoms with Crippen LogP contribution in [0.2, 0.25) is 0 Å². The Kier molecular flexibility index (Phi) is 5.75. The molecule has 196 valence electrons. The molecule has 0 fully saturated rings. The van der Waals surface area contributed by atoms with Crippen LogP contribution in [0, 0.1) is 0 Å². The zero-order valence-corrected chi connectivity index (χ0v) is 22.6. The number of benzene rings is 6. The Hall–Kier alpha value is -5.74. The van der Waals surface area contributed by atoms with E-state index in [1.165, 1.54) is 21.5 Å². The highest BCUT2D eigenvalue weighted by Gasteiger charge is 2.19. The van der Waals surface area contributed by atoms with E-state index in [1.54, 1.807) is 6.20 Å². The van der Waals surface area contributed by atoms with Crippen LogP contribution in [0.5, 0.6) is 0 Å². The Morgan fingerprint density at radius 3 is 1.45 bits per heavy atom. The van der Waals surface area contributed by atoms with Gasteiger partial charge in [0.25, 0.3) is 0 Å². The summed E-state index contributed by atoms with van der Waals surface area (Å²) < 4.78 is 0. The predicted octanol–water partition coefficient (Wildman–Crippen LogP) is 9.39. The molecular weight excluding hydrogens is 512 g/mol. The SMILES string of the molecule is c1ccc(-c2nc(-c3ccccc3)nc(-c3cc(-c4cccnc4)cc4c5ccccc5c5ccccc5c34)n2)cc1. The largest absolute Gasteiger partial charge is 0.264 e. The molecule has 0 aliphatic rings. The normalized spacial score (nSPS) is 11.3. The predicted molar refractivity (Wildman–Crippen MR) is 172 cm³/mol. The van der Waals surface area contributed by atoms with Gasteiger partial charge in [0.05, 0.1) is 0 Å². The maximum absolute atomic E-state index is 5.13. The average molecular weight is 537 g/mol. The highest BCUT2D eigenvalue weighted by molar-refractivity contribution is 6.28. The summed E-state index contributed by atoms with van der Waals surface area (Å²) in [5.41, 5.74) is 4.96. The lowest BCUT2D eigenvalue weighted by atomic mass is 9.89. The lowest BCUT2D eigenvalue weighted by molar-refractivity contribution is 1.08. The molecule has 8 aromatic rings. The van der Waals surface area contributed by atoms with Crippen LogP contribution in [0.4, 0.5) is 0 Å². The molecule has 42 heavy (non-hydrogen) atoms. The monoisotopic (exact) mass is 536 g/mol. The van der Waals surface area contributed by atoms with E-state index in [2.05, 4.69) is 71.7 Å². The van der Waals surface area contributed by atoms with Gasteiger partial charge in [-0.15, -0.1) is 0 Å². The fourth-order valence-electron chi connectivity index (χ4n) is 5.84. The van der Waals surface area contributed by atoms with Gasteiger partial charge >= 0.3 is 0 Å². The molecule has 8 rings (SSSR count). The van der Waals surface area contributed by atoms with Crippen LogP contribution in [-0.4, -0.2) is 19.9 Å². The van der Waals surface area contributed by atoms with E-state index in [-0.39, 0.29) is 0 Å². The molecule has 0 N–H and O–H groups in total. The van der Waals surface area contributed by atoms with E-state index >= 15 is 0 Å². The van der Waals surface area contributed by atoms with E-state index in [0.717, 1.165) is 38.6 Å². The minimum atomic E-state index is 0.638. The van der Waals surface area contributed by atoms with Gasteiger partial charge in [-0.05, 0) is 50.7 Å². The van der Waals surface area contributed by atoms with Crippen LogP contribution in [-0.2, 0) is 0 Å². The van der Waals surface area contributed by atoms with Gasteiger partial charge < -0.3 is 0 Å². The second-order valence-electron chi connectivity index (χ2n) is 10.3. The highest BCUT2D eigenvalue weighted by atomic mass is 15.0. The van der Waals surface area contributed by atoms with E-state index in [0.29, 0.717) is 17.5 Å². The van der Waals surface area contributed by atoms with Crippen LogP contribution in [0.3, 0.4) is 0 Å². The standard InChI is InChI=1S/C38H24N4/c1-3-12-25(13-4-1)36-40-37(26-14-5-2-6-15-26)42-38(41-36)34-23-28(27-16-11-21-39-24-27)22-33-31-19-8-7-17-29(31)30-18-9-10-20-32(30)35(33)34/h1-24H. The molecule has 2 heterocycles. The fraction of sp³-hybridized carbons (Fsp3) is 0. The zero-order valence-electron chi connectivity index (χ0n) is 22.6. The molecule has 0 spiro atoms. The number of aromatic nitrogens is 4. The first-order valence-electron chi connectivity index (χ1n) is 14.0. The third kappa shape index (κ3) is 4.09. The number of pyridine rings is 1. The van der Waals surface area contributed by atoms with Gasteiger partial charge in [-0.2, -0.15) is 0 Å². The molecule has 2 aromatic heterocycles. The molecular formula is C38H24N4. The van der Waals surface area contributed by atoms with Crippen molar-refractivity contribution in [1.82, 2.24) is 19.9 Å². The molecule has 6 aromatic carbocycles. The third-order valence-corrected chi connectivity index (χ3v) is 7.78. The lowest BCUT2D eigenvalue weighted by Crippen LogP contribution is -2.01. The second-order valence-corrected chi connectivity index (χ2v) is 10.3. The first-order chi connectivity index (χ1) is 20.8. The van der Waals surface area contributed by atoms with Crippen molar-refractivity contribution >= 4 is 32.3 Å². The Morgan fingerprint density at radius 1 is 0.357 bits per heavy atom. The van der Waals surface area contributed by atoms with E-state index in [1.807, 2.05) is 72.9 Å². The molecule has 4 nitrogen and oxygen atoms in total. The Bertz CT molecular complexity index is 2170. The molecule has 0 amide bonds. The van der Waals surface area contributed by atoms with Gasteiger partial charge in [0.15, 0.2) is 17.5 Å². The van der Waals surface area contributed by atoms with Crippen LogP contribution in [0.15, 0.2) is 146 Å². The number of nitrogens with zero attached hydrogens (tertiary/aromatic N) is 4. The summed E-state index contributed by atoms with van der Waals surface area (Å²) in [5, 5.41) is 7.07. The minimum Gasteiger partial charge on any atom is -0.264 e. The van der Waals surface area contributed by atoms with Crippen molar-refractivity contribution < 1.29 is 0 Å². The van der Waals surface area contributed by atoms with Crippen LogP contribution in [0.25, 0.3) is 77.6 Å². The Morgan fingerprint density at radius 2 is 0.857 bits per heavy atom. The summed E-state index contributed by atoms with van der Waals surface area (Å²) in [4.78, 5) is 19.6. The quantitative estimate of drug-likeness (QED) is 0.210. The zero-order chi connectivity index (χ0) is 27.9. The van der Waals surface area contributed by atoms with E-state index < -0.39 is 0 Å². The van der Waals surface area contributed by atoms with Crippen molar-refractivity contribution in [1.29, 1.82) is 0 Å². The molecule has 0 atom stereocenters. The summed E-state index contributed by atoms with van der Waals surface area (Å²) in [6.07, 6.45) is 3.71. The molecule has 0 unspecified atom stereocenters. The van der Waals surface area contributed by atoms with Crippen molar-refractivity contribution in [2.24, 2.45) is 0 Å². The van der Waals surface area contributed by atoms with Gasteiger partial charge in [-0.25, -0.2) is 15.0 Å². The van der Waals surface area contributed by atoms with Gasteiger partial charge in [0.2, 0.25) is 0 Å². The van der Waals surface area contributed by atoms with Crippen molar-refractivity contribution in [3.8, 4) is 45.3 Å². The first-order valence-corrected chi connectivity index (χ1v) is 14.0. The average Bonchev–Trinajstić information content (AvgIpc) is 3.09. The van der Waals surface area contributed by atoms with Gasteiger partial charge in [0, 0.05) is 40.0 Å². The van der Waals surface area contributed by atoms with Crippen molar-refractivity contribution in [2.45, 2.75) is 0 Å². The molecule has 0 bridgehead atoms. The highest BCUT2D eigenvalue weighted by Crippen LogP contribution is 2.42. The third-order valence-electron chi connectivity index (χ3n) is 7.78. The van der Waals surface area contributed by atoms with Gasteiger partial charge in [-0.3, -0.25) is 4.98 Å². The second kappa shape index (κ2) is 10.0. The maximum Gasteiger partial charge on any atom is 0.164 e. The number of hydrogen-bond acceptors (Lipinski definition) is 4. The van der Waals surface area contributed by atoms with Crippen molar-refractivity contribution in [3.63, 3.8) is 0 Å². The number of fused-ring (bicyclic) bond motifs is 6. The molecule has 0 radical (unpaired) electrons. The number of hydrogen-bond donors (Lipinski definition) is 0. The number of rotatable bonds is 4.